The van der Waals surface area contributed by atoms with Crippen molar-refractivity contribution >= 4 is 33.5 Å². The van der Waals surface area contributed by atoms with E-state index in [-0.39, 0.29) is 0 Å². The summed E-state index contributed by atoms with van der Waals surface area (Å²) in [6.07, 6.45) is 1.67. The second-order valence-corrected chi connectivity index (χ2v) is 4.29. The van der Waals surface area contributed by atoms with Gasteiger partial charge in [-0.15, -0.1) is 0 Å². The molecule has 0 aliphatic heterocycles. The standard InChI is InChI=1S/C11H14N4O2S/c12-5-7-14-11-10-8(4-6-13-11)2-1-3-9(10)15-18(16)17/h1-4,6,15H,5,7,12H2,(H,13,14)(H,16,17)/p-1. The molecule has 0 fully saturated rings. The number of fused-ring (bicyclic) bond motifs is 1. The van der Waals surface area contributed by atoms with Crippen LogP contribution < -0.4 is 15.8 Å². The summed E-state index contributed by atoms with van der Waals surface area (Å²) in [5, 5.41) is 4.71. The maximum atomic E-state index is 10.8. The van der Waals surface area contributed by atoms with Crippen LogP contribution in [0.3, 0.4) is 0 Å². The van der Waals surface area contributed by atoms with E-state index in [2.05, 4.69) is 15.0 Å². The summed E-state index contributed by atoms with van der Waals surface area (Å²) in [5.74, 6) is 0.617. The first-order chi connectivity index (χ1) is 8.72. The molecular weight excluding hydrogens is 252 g/mol. The topological polar surface area (TPSA) is 103 Å². The average molecular weight is 265 g/mol. The van der Waals surface area contributed by atoms with E-state index in [0.29, 0.717) is 24.6 Å². The summed E-state index contributed by atoms with van der Waals surface area (Å²) in [4.78, 5) is 4.20. The lowest BCUT2D eigenvalue weighted by Crippen LogP contribution is -2.14. The zero-order valence-corrected chi connectivity index (χ0v) is 10.4. The van der Waals surface area contributed by atoms with Gasteiger partial charge in [0, 0.05) is 35.9 Å². The highest BCUT2D eigenvalue weighted by Gasteiger charge is 2.06. The lowest BCUT2D eigenvalue weighted by atomic mass is 10.1. The Kier molecular flexibility index (Phi) is 4.08. The first-order valence-electron chi connectivity index (χ1n) is 5.40. The van der Waals surface area contributed by atoms with Crippen LogP contribution in [0, 0.1) is 0 Å². The molecule has 18 heavy (non-hydrogen) atoms. The number of hydrogen-bond donors (Lipinski definition) is 3. The van der Waals surface area contributed by atoms with Gasteiger partial charge in [0.1, 0.15) is 5.82 Å². The molecule has 0 aliphatic rings. The summed E-state index contributed by atoms with van der Waals surface area (Å²) in [5.41, 5.74) is 5.93. The Bertz CT molecular complexity index is 571. The summed E-state index contributed by atoms with van der Waals surface area (Å²) >= 11 is -2.37. The van der Waals surface area contributed by atoms with Crippen LogP contribution in [0.25, 0.3) is 10.8 Å². The Morgan fingerprint density at radius 2 is 2.22 bits per heavy atom. The molecule has 0 aliphatic carbocycles. The third kappa shape index (κ3) is 2.76. The Balaban J connectivity index is 2.52. The highest BCUT2D eigenvalue weighted by Crippen LogP contribution is 2.28. The number of nitrogens with one attached hydrogen (secondary N) is 2. The van der Waals surface area contributed by atoms with E-state index >= 15 is 0 Å². The lowest BCUT2D eigenvalue weighted by Gasteiger charge is -2.14. The van der Waals surface area contributed by atoms with E-state index < -0.39 is 11.3 Å². The van der Waals surface area contributed by atoms with Crippen molar-refractivity contribution in [3.8, 4) is 0 Å². The summed E-state index contributed by atoms with van der Waals surface area (Å²) < 4.78 is 23.9. The molecule has 6 nitrogen and oxygen atoms in total. The van der Waals surface area contributed by atoms with E-state index in [1.165, 1.54) is 0 Å². The normalized spacial score (nSPS) is 12.3. The molecule has 0 spiro atoms. The smallest absolute Gasteiger partial charge is 0.135 e. The number of pyridine rings is 1. The molecule has 1 atom stereocenters. The van der Waals surface area contributed by atoms with Gasteiger partial charge in [-0.3, -0.25) is 4.21 Å². The van der Waals surface area contributed by atoms with Crippen LogP contribution in [0.5, 0.6) is 0 Å². The predicted molar refractivity (Wildman–Crippen MR) is 71.8 cm³/mol. The van der Waals surface area contributed by atoms with Crippen molar-refractivity contribution in [2.24, 2.45) is 5.73 Å². The molecule has 2 aromatic rings. The second kappa shape index (κ2) is 5.76. The van der Waals surface area contributed by atoms with E-state index in [9.17, 15) is 8.76 Å². The minimum atomic E-state index is -2.37. The van der Waals surface area contributed by atoms with Gasteiger partial charge in [-0.2, -0.15) is 0 Å². The average Bonchev–Trinajstić information content (AvgIpc) is 2.35. The molecule has 1 aromatic heterocycles. The molecule has 0 bridgehead atoms. The van der Waals surface area contributed by atoms with E-state index in [4.69, 9.17) is 5.73 Å². The number of benzene rings is 1. The maximum Gasteiger partial charge on any atom is 0.135 e. The van der Waals surface area contributed by atoms with E-state index in [1.54, 1.807) is 18.3 Å². The molecule has 96 valence electrons. The van der Waals surface area contributed by atoms with Gasteiger partial charge >= 0.3 is 0 Å². The fourth-order valence-corrected chi connectivity index (χ4v) is 2.08. The van der Waals surface area contributed by atoms with Crippen LogP contribution >= 0.6 is 0 Å². The second-order valence-electron chi connectivity index (χ2n) is 3.62. The minimum absolute atomic E-state index is 0.473. The van der Waals surface area contributed by atoms with Gasteiger partial charge in [0.25, 0.3) is 0 Å². The van der Waals surface area contributed by atoms with Gasteiger partial charge in [0.2, 0.25) is 0 Å². The highest BCUT2D eigenvalue weighted by atomic mass is 32.2. The van der Waals surface area contributed by atoms with Crippen molar-refractivity contribution in [1.82, 2.24) is 4.98 Å². The fourth-order valence-electron chi connectivity index (χ4n) is 1.73. The van der Waals surface area contributed by atoms with Gasteiger partial charge in [0.05, 0.1) is 5.69 Å². The first kappa shape index (κ1) is 12.7. The third-order valence-electron chi connectivity index (χ3n) is 2.42. The number of rotatable bonds is 5. The van der Waals surface area contributed by atoms with Gasteiger partial charge in [-0.1, -0.05) is 12.1 Å². The van der Waals surface area contributed by atoms with Crippen molar-refractivity contribution in [3.63, 3.8) is 0 Å². The van der Waals surface area contributed by atoms with Gasteiger partial charge in [-0.25, -0.2) is 4.98 Å². The number of anilines is 2. The van der Waals surface area contributed by atoms with Crippen molar-refractivity contribution < 1.29 is 8.76 Å². The van der Waals surface area contributed by atoms with Crippen LogP contribution in [0.1, 0.15) is 0 Å². The fraction of sp³-hybridized carbons (Fsp3) is 0.182. The molecule has 0 saturated carbocycles. The molecule has 1 unspecified atom stereocenters. The Morgan fingerprint density at radius 3 is 2.94 bits per heavy atom. The van der Waals surface area contributed by atoms with Crippen LogP contribution in [0.4, 0.5) is 11.5 Å². The molecule has 7 heteroatoms. The van der Waals surface area contributed by atoms with E-state index in [0.717, 1.165) is 10.8 Å². The molecular formula is C11H13N4O2S-. The molecule has 1 aromatic carbocycles. The van der Waals surface area contributed by atoms with Crippen molar-refractivity contribution in [2.75, 3.05) is 23.1 Å². The maximum absolute atomic E-state index is 10.8. The molecule has 4 N–H and O–H groups in total. The van der Waals surface area contributed by atoms with Crippen LogP contribution in [-0.4, -0.2) is 26.8 Å². The summed E-state index contributed by atoms with van der Waals surface area (Å²) in [7, 11) is 0. The number of aromatic nitrogens is 1. The number of nitrogens with zero attached hydrogens (tertiary/aromatic N) is 1. The molecule has 1 heterocycles. The van der Waals surface area contributed by atoms with Crippen LogP contribution in [-0.2, 0) is 11.3 Å². The minimum Gasteiger partial charge on any atom is -0.755 e. The Hall–Kier alpha value is -1.70. The zero-order chi connectivity index (χ0) is 13.0. The van der Waals surface area contributed by atoms with Gasteiger partial charge in [-0.05, 0) is 17.5 Å². The monoisotopic (exact) mass is 265 g/mol. The summed E-state index contributed by atoms with van der Waals surface area (Å²) in [6, 6.07) is 7.18. The molecule has 2 rings (SSSR count). The summed E-state index contributed by atoms with van der Waals surface area (Å²) in [6.45, 7) is 1.04. The first-order valence-corrected chi connectivity index (χ1v) is 6.47. The van der Waals surface area contributed by atoms with Crippen molar-refractivity contribution in [3.05, 3.63) is 30.5 Å². The largest absolute Gasteiger partial charge is 0.755 e. The number of hydrogen-bond acceptors (Lipinski definition) is 5. The van der Waals surface area contributed by atoms with Gasteiger partial charge in [0.15, 0.2) is 0 Å². The lowest BCUT2D eigenvalue weighted by molar-refractivity contribution is 0.542. The van der Waals surface area contributed by atoms with Crippen molar-refractivity contribution in [2.45, 2.75) is 0 Å². The molecule has 0 amide bonds. The van der Waals surface area contributed by atoms with Crippen molar-refractivity contribution in [1.29, 1.82) is 0 Å². The Morgan fingerprint density at radius 1 is 1.39 bits per heavy atom. The predicted octanol–water partition coefficient (Wildman–Crippen LogP) is 0.811. The highest BCUT2D eigenvalue weighted by molar-refractivity contribution is 7.80. The van der Waals surface area contributed by atoms with E-state index in [1.807, 2.05) is 12.1 Å². The molecule has 0 saturated heterocycles. The van der Waals surface area contributed by atoms with Crippen LogP contribution in [0.15, 0.2) is 30.5 Å². The van der Waals surface area contributed by atoms with Gasteiger partial charge < -0.3 is 20.3 Å². The molecule has 0 radical (unpaired) electrons. The quantitative estimate of drug-likeness (QED) is 0.694. The number of nitrogens with two attached hydrogens (primary N) is 1. The third-order valence-corrected chi connectivity index (χ3v) is 2.81. The SMILES string of the molecule is NCCNc1nccc2cccc(NS(=O)[O-])c12. The van der Waals surface area contributed by atoms with Crippen LogP contribution in [0.2, 0.25) is 0 Å². The zero-order valence-electron chi connectivity index (χ0n) is 9.55. The Labute approximate surface area is 107 Å².